The maximum atomic E-state index is 13.1. The van der Waals surface area contributed by atoms with Crippen LogP contribution in [0.15, 0.2) is 72.8 Å². The third kappa shape index (κ3) is 9.24. The van der Waals surface area contributed by atoms with E-state index in [2.05, 4.69) is 5.32 Å². The normalized spacial score (nSPS) is 10.7. The number of carbonyl (C=O) groups is 2. The summed E-state index contributed by atoms with van der Waals surface area (Å²) in [6.07, 6.45) is 6.39. The Balaban J connectivity index is 1.24. The van der Waals surface area contributed by atoms with E-state index in [0.717, 1.165) is 55.4 Å². The average Bonchev–Trinajstić information content (AvgIpc) is 2.86. The molecule has 35 heavy (non-hydrogen) atoms. The van der Waals surface area contributed by atoms with Gasteiger partial charge in [0.2, 0.25) is 0 Å². The van der Waals surface area contributed by atoms with Crippen molar-refractivity contribution in [2.45, 2.75) is 44.9 Å². The standard InChI is InChI=1S/C29H32FNO4/c30-26-15-11-23(12-16-26)24-13-17-27(18-14-24)35-21-5-3-1-2-4-6-22-7-9-25(10-8-22)29(34)31-20-19-28(32)33/h7-18H,1-6,19-21H2,(H,31,34)(H,32,33). The molecule has 3 rings (SSSR count). The summed E-state index contributed by atoms with van der Waals surface area (Å²) in [4.78, 5) is 22.5. The largest absolute Gasteiger partial charge is 0.494 e. The number of halogens is 1. The zero-order valence-electron chi connectivity index (χ0n) is 19.8. The summed E-state index contributed by atoms with van der Waals surface area (Å²) < 4.78 is 18.9. The molecular formula is C29H32FNO4. The Bertz CT molecular complexity index is 1060. The van der Waals surface area contributed by atoms with Gasteiger partial charge in [-0.1, -0.05) is 55.7 Å². The lowest BCUT2D eigenvalue weighted by Crippen LogP contribution is -2.25. The molecule has 0 fully saturated rings. The minimum Gasteiger partial charge on any atom is -0.494 e. The molecule has 0 aromatic heterocycles. The summed E-state index contributed by atoms with van der Waals surface area (Å²) in [5, 5.41) is 11.2. The summed E-state index contributed by atoms with van der Waals surface area (Å²) in [7, 11) is 0. The molecule has 5 nitrogen and oxygen atoms in total. The molecule has 0 unspecified atom stereocenters. The van der Waals surface area contributed by atoms with Gasteiger partial charge in [-0.2, -0.15) is 0 Å². The zero-order chi connectivity index (χ0) is 24.9. The van der Waals surface area contributed by atoms with Gasteiger partial charge in [0.1, 0.15) is 11.6 Å². The molecule has 0 aliphatic carbocycles. The molecule has 3 aromatic rings. The van der Waals surface area contributed by atoms with Crippen molar-refractivity contribution >= 4 is 11.9 Å². The number of ether oxygens (including phenoxy) is 1. The van der Waals surface area contributed by atoms with E-state index in [-0.39, 0.29) is 24.7 Å². The van der Waals surface area contributed by atoms with Gasteiger partial charge >= 0.3 is 5.97 Å². The lowest BCUT2D eigenvalue weighted by atomic mass is 10.0. The molecule has 1 amide bonds. The third-order valence-electron chi connectivity index (χ3n) is 5.75. The minimum atomic E-state index is -0.928. The Hall–Kier alpha value is -3.67. The van der Waals surface area contributed by atoms with Crippen molar-refractivity contribution in [3.05, 3.63) is 89.7 Å². The van der Waals surface area contributed by atoms with E-state index in [1.165, 1.54) is 17.7 Å². The number of rotatable bonds is 14. The molecule has 0 saturated carbocycles. The number of nitrogens with one attached hydrogen (secondary N) is 1. The Morgan fingerprint density at radius 2 is 1.37 bits per heavy atom. The number of carboxylic acid groups (broad SMARTS) is 1. The smallest absolute Gasteiger partial charge is 0.305 e. The Labute approximate surface area is 206 Å². The summed E-state index contributed by atoms with van der Waals surface area (Å²) in [6.45, 7) is 0.816. The van der Waals surface area contributed by atoms with Gasteiger partial charge in [-0.3, -0.25) is 9.59 Å². The monoisotopic (exact) mass is 477 g/mol. The van der Waals surface area contributed by atoms with Crippen LogP contribution in [0.3, 0.4) is 0 Å². The average molecular weight is 478 g/mol. The Morgan fingerprint density at radius 3 is 2.03 bits per heavy atom. The molecular weight excluding hydrogens is 445 g/mol. The van der Waals surface area contributed by atoms with Crippen LogP contribution in [0.25, 0.3) is 11.1 Å². The third-order valence-corrected chi connectivity index (χ3v) is 5.75. The number of aryl methyl sites for hydroxylation is 1. The van der Waals surface area contributed by atoms with Crippen molar-refractivity contribution in [3.8, 4) is 16.9 Å². The van der Waals surface area contributed by atoms with Crippen LogP contribution in [0.5, 0.6) is 5.75 Å². The number of amides is 1. The molecule has 184 valence electrons. The fraction of sp³-hybridized carbons (Fsp3) is 0.310. The van der Waals surface area contributed by atoms with Crippen LogP contribution < -0.4 is 10.1 Å². The molecule has 0 saturated heterocycles. The topological polar surface area (TPSA) is 75.6 Å². The van der Waals surface area contributed by atoms with Gasteiger partial charge in [0.25, 0.3) is 5.91 Å². The summed E-state index contributed by atoms with van der Waals surface area (Å²) >= 11 is 0. The second-order valence-corrected chi connectivity index (χ2v) is 8.49. The lowest BCUT2D eigenvalue weighted by Gasteiger charge is -2.08. The molecule has 0 radical (unpaired) electrons. The highest BCUT2D eigenvalue weighted by Gasteiger charge is 2.06. The molecule has 0 atom stereocenters. The summed E-state index contributed by atoms with van der Waals surface area (Å²) in [5.74, 6) is -0.567. The quantitative estimate of drug-likeness (QED) is 0.268. The van der Waals surface area contributed by atoms with Crippen molar-refractivity contribution in [1.29, 1.82) is 0 Å². The van der Waals surface area contributed by atoms with Gasteiger partial charge in [0, 0.05) is 12.1 Å². The fourth-order valence-electron chi connectivity index (χ4n) is 3.75. The van der Waals surface area contributed by atoms with Crippen LogP contribution in [0.2, 0.25) is 0 Å². The highest BCUT2D eigenvalue weighted by atomic mass is 19.1. The summed E-state index contributed by atoms with van der Waals surface area (Å²) in [6, 6.07) is 21.8. The first-order valence-electron chi connectivity index (χ1n) is 12.1. The maximum Gasteiger partial charge on any atom is 0.305 e. The summed E-state index contributed by atoms with van der Waals surface area (Å²) in [5.41, 5.74) is 3.75. The van der Waals surface area contributed by atoms with Crippen LogP contribution in [0.1, 0.15) is 54.4 Å². The Morgan fingerprint density at radius 1 is 0.771 bits per heavy atom. The molecule has 6 heteroatoms. The van der Waals surface area contributed by atoms with Crippen LogP contribution in [-0.4, -0.2) is 30.1 Å². The van der Waals surface area contributed by atoms with Crippen LogP contribution in [0.4, 0.5) is 4.39 Å². The molecule has 0 spiro atoms. The van der Waals surface area contributed by atoms with Gasteiger partial charge in [-0.15, -0.1) is 0 Å². The predicted molar refractivity (Wildman–Crippen MR) is 135 cm³/mol. The highest BCUT2D eigenvalue weighted by Crippen LogP contribution is 2.23. The van der Waals surface area contributed by atoms with Crippen LogP contribution in [0, 0.1) is 5.82 Å². The van der Waals surface area contributed by atoms with Crippen molar-refractivity contribution in [2.24, 2.45) is 0 Å². The van der Waals surface area contributed by atoms with E-state index in [1.54, 1.807) is 24.3 Å². The van der Waals surface area contributed by atoms with Gasteiger partial charge in [0.15, 0.2) is 0 Å². The maximum absolute atomic E-state index is 13.1. The second kappa shape index (κ2) is 13.9. The SMILES string of the molecule is O=C(O)CCNC(=O)c1ccc(CCCCCCCOc2ccc(-c3ccc(F)cc3)cc2)cc1. The first-order valence-corrected chi connectivity index (χ1v) is 12.1. The van der Waals surface area contributed by atoms with Crippen molar-refractivity contribution < 1.29 is 23.8 Å². The lowest BCUT2D eigenvalue weighted by molar-refractivity contribution is -0.136. The van der Waals surface area contributed by atoms with Crippen LogP contribution >= 0.6 is 0 Å². The number of unbranched alkanes of at least 4 members (excludes halogenated alkanes) is 4. The van der Waals surface area contributed by atoms with E-state index in [0.29, 0.717) is 12.2 Å². The van der Waals surface area contributed by atoms with E-state index < -0.39 is 5.97 Å². The fourth-order valence-corrected chi connectivity index (χ4v) is 3.75. The predicted octanol–water partition coefficient (Wildman–Crippen LogP) is 6.27. The molecule has 2 N–H and O–H groups in total. The first-order chi connectivity index (χ1) is 17.0. The van der Waals surface area contributed by atoms with Gasteiger partial charge < -0.3 is 15.2 Å². The molecule has 0 aliphatic heterocycles. The van der Waals surface area contributed by atoms with Gasteiger partial charge in [-0.05, 0) is 72.4 Å². The van der Waals surface area contributed by atoms with Gasteiger partial charge in [-0.25, -0.2) is 4.39 Å². The number of hydrogen-bond acceptors (Lipinski definition) is 3. The second-order valence-electron chi connectivity index (χ2n) is 8.49. The van der Waals surface area contributed by atoms with E-state index in [1.807, 2.05) is 36.4 Å². The number of carboxylic acids is 1. The van der Waals surface area contributed by atoms with E-state index in [9.17, 15) is 14.0 Å². The molecule has 0 aliphatic rings. The first kappa shape index (κ1) is 25.9. The van der Waals surface area contributed by atoms with Crippen molar-refractivity contribution in [1.82, 2.24) is 5.32 Å². The zero-order valence-corrected chi connectivity index (χ0v) is 19.8. The van der Waals surface area contributed by atoms with E-state index in [4.69, 9.17) is 9.84 Å². The molecule has 0 bridgehead atoms. The number of aliphatic carboxylic acids is 1. The highest BCUT2D eigenvalue weighted by molar-refractivity contribution is 5.94. The van der Waals surface area contributed by atoms with Crippen molar-refractivity contribution in [2.75, 3.05) is 13.2 Å². The van der Waals surface area contributed by atoms with Crippen LogP contribution in [-0.2, 0) is 11.2 Å². The van der Waals surface area contributed by atoms with E-state index >= 15 is 0 Å². The molecule has 0 heterocycles. The molecule has 3 aromatic carbocycles. The van der Waals surface area contributed by atoms with Crippen molar-refractivity contribution in [3.63, 3.8) is 0 Å². The Kier molecular flexibility index (Phi) is 10.3. The number of hydrogen-bond donors (Lipinski definition) is 2. The number of benzene rings is 3. The number of carbonyl (C=O) groups excluding carboxylic acids is 1. The minimum absolute atomic E-state index is 0.0814. The van der Waals surface area contributed by atoms with Gasteiger partial charge in [0.05, 0.1) is 13.0 Å².